The van der Waals surface area contributed by atoms with Gasteiger partial charge in [-0.15, -0.1) is 0 Å². The second-order valence-corrected chi connectivity index (χ2v) is 5.25. The number of aromatic nitrogens is 2. The highest BCUT2D eigenvalue weighted by molar-refractivity contribution is 6.08. The molecule has 0 amide bonds. The Balaban J connectivity index is 1.93. The molecular weight excluding hydrogens is 262 g/mol. The van der Waals surface area contributed by atoms with Gasteiger partial charge in [-0.2, -0.15) is 0 Å². The first-order valence-electron chi connectivity index (χ1n) is 6.89. The molecule has 4 nitrogen and oxygen atoms in total. The van der Waals surface area contributed by atoms with Crippen molar-refractivity contribution in [3.8, 4) is 0 Å². The predicted molar refractivity (Wildman–Crippen MR) is 84.5 cm³/mol. The molecule has 1 atom stereocenters. The van der Waals surface area contributed by atoms with Crippen molar-refractivity contribution in [2.45, 2.75) is 6.23 Å². The van der Waals surface area contributed by atoms with Crippen molar-refractivity contribution in [3.63, 3.8) is 0 Å². The zero-order chi connectivity index (χ0) is 14.4. The van der Waals surface area contributed by atoms with Crippen LogP contribution in [0, 0.1) is 0 Å². The van der Waals surface area contributed by atoms with Crippen LogP contribution in [-0.4, -0.2) is 20.9 Å². The summed E-state index contributed by atoms with van der Waals surface area (Å²) in [7, 11) is 2.07. The maximum absolute atomic E-state index is 9.43. The first kappa shape index (κ1) is 12.2. The SMILES string of the molecule is Cn1c2ccncc2c2ccc(C3=CNC(O)C=C3)cc21. The van der Waals surface area contributed by atoms with Gasteiger partial charge in [0.25, 0.3) is 0 Å². The van der Waals surface area contributed by atoms with E-state index in [1.165, 1.54) is 21.8 Å². The normalized spacial score (nSPS) is 18.0. The molecule has 1 unspecified atom stereocenters. The molecule has 0 saturated heterocycles. The second-order valence-electron chi connectivity index (χ2n) is 5.25. The summed E-state index contributed by atoms with van der Waals surface area (Å²) in [5, 5.41) is 14.7. The summed E-state index contributed by atoms with van der Waals surface area (Å²) in [5.74, 6) is 0. The number of hydrogen-bond acceptors (Lipinski definition) is 3. The summed E-state index contributed by atoms with van der Waals surface area (Å²) in [6.07, 6.45) is 8.66. The van der Waals surface area contributed by atoms with E-state index in [4.69, 9.17) is 0 Å². The maximum atomic E-state index is 9.43. The fourth-order valence-corrected chi connectivity index (χ4v) is 2.89. The molecule has 1 aliphatic heterocycles. The van der Waals surface area contributed by atoms with E-state index in [0.717, 1.165) is 11.1 Å². The van der Waals surface area contributed by atoms with Crippen molar-refractivity contribution >= 4 is 27.4 Å². The Hall–Kier alpha value is -2.59. The molecule has 2 N–H and O–H groups in total. The monoisotopic (exact) mass is 277 g/mol. The molecule has 2 aromatic heterocycles. The highest BCUT2D eigenvalue weighted by atomic mass is 16.3. The maximum Gasteiger partial charge on any atom is 0.143 e. The average molecular weight is 277 g/mol. The van der Waals surface area contributed by atoms with E-state index in [2.05, 4.69) is 40.1 Å². The third kappa shape index (κ3) is 1.84. The topological polar surface area (TPSA) is 50.1 Å². The van der Waals surface area contributed by atoms with Crippen LogP contribution in [-0.2, 0) is 7.05 Å². The van der Waals surface area contributed by atoms with Gasteiger partial charge in [0.2, 0.25) is 0 Å². The lowest BCUT2D eigenvalue weighted by Crippen LogP contribution is -2.23. The highest BCUT2D eigenvalue weighted by Crippen LogP contribution is 2.30. The number of aliphatic hydroxyl groups excluding tert-OH is 1. The Morgan fingerprint density at radius 1 is 1.19 bits per heavy atom. The van der Waals surface area contributed by atoms with Crippen LogP contribution >= 0.6 is 0 Å². The van der Waals surface area contributed by atoms with Gasteiger partial charge in [-0.05, 0) is 29.3 Å². The summed E-state index contributed by atoms with van der Waals surface area (Å²) in [5.41, 5.74) is 4.54. The fraction of sp³-hybridized carbons (Fsp3) is 0.118. The fourth-order valence-electron chi connectivity index (χ4n) is 2.89. The third-order valence-corrected chi connectivity index (χ3v) is 4.01. The van der Waals surface area contributed by atoms with Crippen molar-refractivity contribution in [2.75, 3.05) is 0 Å². The van der Waals surface area contributed by atoms with E-state index in [-0.39, 0.29) is 0 Å². The van der Waals surface area contributed by atoms with E-state index >= 15 is 0 Å². The third-order valence-electron chi connectivity index (χ3n) is 4.01. The number of allylic oxidation sites excluding steroid dienone is 2. The zero-order valence-electron chi connectivity index (χ0n) is 11.6. The molecule has 0 bridgehead atoms. The number of aryl methyl sites for hydroxylation is 1. The van der Waals surface area contributed by atoms with Crippen LogP contribution in [0.25, 0.3) is 27.4 Å². The van der Waals surface area contributed by atoms with E-state index in [0.29, 0.717) is 0 Å². The van der Waals surface area contributed by atoms with Crippen LogP contribution in [0.2, 0.25) is 0 Å². The van der Waals surface area contributed by atoms with E-state index in [1.807, 2.05) is 30.7 Å². The summed E-state index contributed by atoms with van der Waals surface area (Å²) >= 11 is 0. The molecule has 1 aliphatic rings. The van der Waals surface area contributed by atoms with Crippen molar-refractivity contribution in [3.05, 3.63) is 60.6 Å². The average Bonchev–Trinajstić information content (AvgIpc) is 2.81. The molecule has 3 aromatic rings. The highest BCUT2D eigenvalue weighted by Gasteiger charge is 2.11. The molecule has 4 rings (SSSR count). The summed E-state index contributed by atoms with van der Waals surface area (Å²) in [4.78, 5) is 4.22. The van der Waals surface area contributed by atoms with Crippen LogP contribution in [0.5, 0.6) is 0 Å². The second kappa shape index (κ2) is 4.46. The van der Waals surface area contributed by atoms with Gasteiger partial charge in [0.15, 0.2) is 0 Å². The summed E-state index contributed by atoms with van der Waals surface area (Å²) < 4.78 is 2.19. The largest absolute Gasteiger partial charge is 0.370 e. The Bertz CT molecular complexity index is 905. The smallest absolute Gasteiger partial charge is 0.143 e. The van der Waals surface area contributed by atoms with E-state index < -0.39 is 6.23 Å². The lowest BCUT2D eigenvalue weighted by atomic mass is 10.0. The number of fused-ring (bicyclic) bond motifs is 3. The number of aliphatic hydroxyl groups is 1. The van der Waals surface area contributed by atoms with Crippen LogP contribution in [0.1, 0.15) is 5.56 Å². The predicted octanol–water partition coefficient (Wildman–Crippen LogP) is 2.55. The van der Waals surface area contributed by atoms with Gasteiger partial charge < -0.3 is 15.0 Å². The van der Waals surface area contributed by atoms with Gasteiger partial charge in [-0.3, -0.25) is 4.98 Å². The quantitative estimate of drug-likeness (QED) is 0.718. The molecule has 0 radical (unpaired) electrons. The number of rotatable bonds is 1. The van der Waals surface area contributed by atoms with Crippen molar-refractivity contribution in [1.29, 1.82) is 0 Å². The van der Waals surface area contributed by atoms with Gasteiger partial charge in [-0.25, -0.2) is 0 Å². The van der Waals surface area contributed by atoms with E-state index in [1.54, 1.807) is 6.08 Å². The first-order valence-corrected chi connectivity index (χ1v) is 6.89. The zero-order valence-corrected chi connectivity index (χ0v) is 11.6. The molecule has 104 valence electrons. The van der Waals surface area contributed by atoms with Gasteiger partial charge in [-0.1, -0.05) is 18.2 Å². The van der Waals surface area contributed by atoms with Crippen LogP contribution in [0.15, 0.2) is 55.0 Å². The summed E-state index contributed by atoms with van der Waals surface area (Å²) in [6.45, 7) is 0. The van der Waals surface area contributed by atoms with E-state index in [9.17, 15) is 5.11 Å². The number of nitrogens with zero attached hydrogens (tertiary/aromatic N) is 2. The molecule has 1 aromatic carbocycles. The molecule has 0 aliphatic carbocycles. The summed E-state index contributed by atoms with van der Waals surface area (Å²) in [6, 6.07) is 8.44. The number of hydrogen-bond donors (Lipinski definition) is 2. The molecule has 0 fully saturated rings. The Morgan fingerprint density at radius 3 is 2.90 bits per heavy atom. The molecule has 4 heteroatoms. The minimum absolute atomic E-state index is 0.596. The number of pyridine rings is 1. The van der Waals surface area contributed by atoms with Gasteiger partial charge in [0.1, 0.15) is 6.23 Å². The Labute approximate surface area is 122 Å². The number of dihydropyridines is 1. The van der Waals surface area contributed by atoms with Crippen LogP contribution in [0.4, 0.5) is 0 Å². The van der Waals surface area contributed by atoms with Gasteiger partial charge >= 0.3 is 0 Å². The van der Waals surface area contributed by atoms with Crippen molar-refractivity contribution < 1.29 is 5.11 Å². The molecule has 0 saturated carbocycles. The molecule has 3 heterocycles. The minimum Gasteiger partial charge on any atom is -0.370 e. The number of nitrogens with one attached hydrogen (secondary N) is 1. The molecule has 21 heavy (non-hydrogen) atoms. The number of benzene rings is 1. The van der Waals surface area contributed by atoms with Crippen LogP contribution in [0.3, 0.4) is 0 Å². The van der Waals surface area contributed by atoms with Gasteiger partial charge in [0, 0.05) is 41.9 Å². The Morgan fingerprint density at radius 2 is 2.10 bits per heavy atom. The Kier molecular flexibility index (Phi) is 2.59. The first-order chi connectivity index (χ1) is 10.2. The lowest BCUT2D eigenvalue weighted by Gasteiger charge is -2.14. The van der Waals surface area contributed by atoms with Crippen molar-refractivity contribution in [2.24, 2.45) is 7.05 Å². The van der Waals surface area contributed by atoms with Crippen LogP contribution < -0.4 is 5.32 Å². The molecular formula is C17H15N3O. The molecule has 0 spiro atoms. The minimum atomic E-state index is -0.596. The van der Waals surface area contributed by atoms with Crippen molar-refractivity contribution in [1.82, 2.24) is 14.9 Å². The van der Waals surface area contributed by atoms with Gasteiger partial charge in [0.05, 0.1) is 5.52 Å². The lowest BCUT2D eigenvalue weighted by molar-refractivity contribution is 0.201. The standard InChI is InChI=1S/C17H15N3O/c1-20-15-6-7-18-10-14(15)13-4-2-11(8-16(13)20)12-3-5-17(21)19-9-12/h2-10,17,19,21H,1H3.